The number of rotatable bonds is 10. The van der Waals surface area contributed by atoms with E-state index in [0.29, 0.717) is 34.5 Å². The summed E-state index contributed by atoms with van der Waals surface area (Å²) in [5, 5.41) is 19.8. The second kappa shape index (κ2) is 11.7. The molecule has 0 fully saturated rings. The number of nitrogens with zero attached hydrogens (tertiary/aromatic N) is 3. The van der Waals surface area contributed by atoms with Crippen molar-refractivity contribution in [3.05, 3.63) is 100 Å². The van der Waals surface area contributed by atoms with Gasteiger partial charge in [0.05, 0.1) is 12.2 Å². The molecule has 9 nitrogen and oxygen atoms in total. The van der Waals surface area contributed by atoms with Crippen LogP contribution in [-0.2, 0) is 13.0 Å². The van der Waals surface area contributed by atoms with Gasteiger partial charge in [0.2, 0.25) is 0 Å². The Morgan fingerprint density at radius 1 is 1.12 bits per heavy atom. The van der Waals surface area contributed by atoms with Crippen LogP contribution in [0, 0.1) is 11.6 Å². The number of Topliss-reactive ketones (excluding diaryl/α,β-unsaturated/α-hetero) is 1. The summed E-state index contributed by atoms with van der Waals surface area (Å²) >= 11 is 0. The minimum absolute atomic E-state index is 0.0364. The quantitative estimate of drug-likeness (QED) is 0.204. The van der Waals surface area contributed by atoms with Crippen LogP contribution in [0.4, 0.5) is 14.6 Å². The topological polar surface area (TPSA) is 122 Å². The van der Waals surface area contributed by atoms with E-state index < -0.39 is 22.8 Å². The minimum Gasteiger partial charge on any atom is -0.453 e. The molecule has 41 heavy (non-hydrogen) atoms. The summed E-state index contributed by atoms with van der Waals surface area (Å²) in [5.74, 6) is -1.00. The Bertz CT molecular complexity index is 1780. The third-order valence-electron chi connectivity index (χ3n) is 6.56. The molecule has 11 heteroatoms. The molecular weight excluding hydrogens is 532 g/mol. The lowest BCUT2D eigenvalue weighted by Crippen LogP contribution is -2.21. The largest absolute Gasteiger partial charge is 0.453 e. The molecule has 0 spiro atoms. The number of carbonyl (C=O) groups excluding carboxylic acids is 1. The van der Waals surface area contributed by atoms with Gasteiger partial charge < -0.3 is 19.7 Å². The number of hydrogen-bond acceptors (Lipinski definition) is 7. The Balaban J connectivity index is 1.40. The summed E-state index contributed by atoms with van der Waals surface area (Å²) in [6.07, 6.45) is 4.38. The van der Waals surface area contributed by atoms with Crippen LogP contribution in [0.3, 0.4) is 0 Å². The van der Waals surface area contributed by atoms with Crippen molar-refractivity contribution in [2.24, 2.45) is 0 Å². The number of halogens is 2. The lowest BCUT2D eigenvalue weighted by atomic mass is 9.99. The molecule has 0 amide bonds. The molecule has 0 unspecified atom stereocenters. The number of aromatic amines is 1. The van der Waals surface area contributed by atoms with Gasteiger partial charge in [-0.05, 0) is 49.2 Å². The van der Waals surface area contributed by atoms with Gasteiger partial charge in [-0.15, -0.1) is 0 Å². The van der Waals surface area contributed by atoms with Crippen molar-refractivity contribution in [1.29, 1.82) is 0 Å². The molecule has 5 aromatic rings. The molecule has 0 bridgehead atoms. The van der Waals surface area contributed by atoms with Crippen molar-refractivity contribution in [1.82, 2.24) is 19.7 Å². The Hall–Kier alpha value is -4.90. The average molecular weight is 560 g/mol. The molecule has 0 saturated heterocycles. The van der Waals surface area contributed by atoms with Crippen LogP contribution in [0.25, 0.3) is 22.2 Å². The van der Waals surface area contributed by atoms with Gasteiger partial charge in [0, 0.05) is 49.2 Å². The summed E-state index contributed by atoms with van der Waals surface area (Å²) in [4.78, 5) is 30.7. The van der Waals surface area contributed by atoms with E-state index in [4.69, 9.17) is 4.74 Å². The first-order chi connectivity index (χ1) is 19.8. The minimum atomic E-state index is -0.701. The summed E-state index contributed by atoms with van der Waals surface area (Å²) in [6, 6.07) is 10.9. The van der Waals surface area contributed by atoms with E-state index >= 15 is 4.39 Å². The van der Waals surface area contributed by atoms with Crippen LogP contribution >= 0.6 is 0 Å². The van der Waals surface area contributed by atoms with Crippen LogP contribution in [-0.4, -0.2) is 43.3 Å². The number of ketones is 1. The predicted octanol–water partition coefficient (Wildman–Crippen LogP) is 5.10. The van der Waals surface area contributed by atoms with Crippen molar-refractivity contribution in [3.8, 4) is 22.6 Å². The number of nitrogens with one attached hydrogen (secondary N) is 2. The van der Waals surface area contributed by atoms with Crippen LogP contribution in [0.2, 0.25) is 0 Å². The highest BCUT2D eigenvalue weighted by molar-refractivity contribution is 5.98. The Labute approximate surface area is 233 Å². The third kappa shape index (κ3) is 5.85. The Morgan fingerprint density at radius 2 is 1.90 bits per heavy atom. The first-order valence-electron chi connectivity index (χ1n) is 13.0. The zero-order chi connectivity index (χ0) is 29.1. The fourth-order valence-electron chi connectivity index (χ4n) is 4.37. The smallest absolute Gasteiger partial charge is 0.200 e. The normalized spacial score (nSPS) is 11.9. The number of hydrogen-bond donors (Lipinski definition) is 3. The van der Waals surface area contributed by atoms with Crippen molar-refractivity contribution in [2.75, 3.05) is 11.9 Å². The number of pyridine rings is 2. The van der Waals surface area contributed by atoms with Gasteiger partial charge in [-0.25, -0.2) is 13.8 Å². The summed E-state index contributed by atoms with van der Waals surface area (Å²) in [7, 11) is 0. The van der Waals surface area contributed by atoms with Crippen LogP contribution in [0.5, 0.6) is 11.5 Å². The number of aliphatic hydroxyl groups excluding tert-OH is 1. The van der Waals surface area contributed by atoms with E-state index in [1.165, 1.54) is 48.8 Å². The molecule has 0 aliphatic carbocycles. The summed E-state index contributed by atoms with van der Waals surface area (Å²) in [6.45, 7) is 4.02. The number of aryl methyl sites for hydroxylation is 1. The number of anilines is 1. The molecule has 3 heterocycles. The maximum absolute atomic E-state index is 15.2. The average Bonchev–Trinajstić information content (AvgIpc) is 3.38. The molecule has 3 aromatic heterocycles. The van der Waals surface area contributed by atoms with Crippen molar-refractivity contribution in [3.63, 3.8) is 0 Å². The fraction of sp³-hybridized carbons (Fsp3) is 0.200. The SMILES string of the molecule is CCn1cc(C(=O)Cc2ccc(Oc3ccnc4[nH]nc(N[C@@H](C)CO)c34)c(F)c2)c(=O)c(-c2ccc(F)cc2)c1. The number of ether oxygens (including phenoxy) is 1. The highest BCUT2D eigenvalue weighted by Crippen LogP contribution is 2.34. The highest BCUT2D eigenvalue weighted by Gasteiger charge is 2.19. The Morgan fingerprint density at radius 3 is 2.61 bits per heavy atom. The molecule has 0 saturated carbocycles. The lowest BCUT2D eigenvalue weighted by Gasteiger charge is -2.13. The first kappa shape index (κ1) is 27.7. The van der Waals surface area contributed by atoms with Gasteiger partial charge in [-0.3, -0.25) is 14.7 Å². The van der Waals surface area contributed by atoms with Crippen molar-refractivity contribution < 1.29 is 23.4 Å². The maximum atomic E-state index is 15.2. The molecule has 1 atom stereocenters. The van der Waals surface area contributed by atoms with Crippen molar-refractivity contribution in [2.45, 2.75) is 32.9 Å². The number of benzene rings is 2. The van der Waals surface area contributed by atoms with Gasteiger partial charge in [0.1, 0.15) is 17.0 Å². The van der Waals surface area contributed by atoms with Crippen LogP contribution < -0.4 is 15.5 Å². The molecular formula is C30H27F2N5O4. The molecule has 5 rings (SSSR count). The van der Waals surface area contributed by atoms with Gasteiger partial charge in [0.25, 0.3) is 0 Å². The maximum Gasteiger partial charge on any atom is 0.200 e. The van der Waals surface area contributed by atoms with Crippen LogP contribution in [0.1, 0.15) is 29.8 Å². The van der Waals surface area contributed by atoms with Crippen LogP contribution in [0.15, 0.2) is 71.9 Å². The Kier molecular flexibility index (Phi) is 7.88. The fourth-order valence-corrected chi connectivity index (χ4v) is 4.37. The van der Waals surface area contributed by atoms with Gasteiger partial charge >= 0.3 is 0 Å². The third-order valence-corrected chi connectivity index (χ3v) is 6.56. The molecule has 0 radical (unpaired) electrons. The van der Waals surface area contributed by atoms with E-state index in [0.717, 1.165) is 0 Å². The number of aliphatic hydroxyl groups is 1. The van der Waals surface area contributed by atoms with E-state index in [-0.39, 0.29) is 41.7 Å². The summed E-state index contributed by atoms with van der Waals surface area (Å²) < 4.78 is 36.2. The van der Waals surface area contributed by atoms with E-state index in [9.17, 15) is 19.1 Å². The van der Waals surface area contributed by atoms with Gasteiger partial charge in [-0.2, -0.15) is 5.10 Å². The van der Waals surface area contributed by atoms with E-state index in [2.05, 4.69) is 20.5 Å². The second-order valence-corrected chi connectivity index (χ2v) is 9.55. The predicted molar refractivity (Wildman–Crippen MR) is 150 cm³/mol. The molecule has 3 N–H and O–H groups in total. The van der Waals surface area contributed by atoms with Crippen molar-refractivity contribution >= 4 is 22.6 Å². The molecule has 0 aliphatic rings. The van der Waals surface area contributed by atoms with Gasteiger partial charge in [0.15, 0.2) is 34.2 Å². The van der Waals surface area contributed by atoms with Gasteiger partial charge in [-0.1, -0.05) is 18.2 Å². The lowest BCUT2D eigenvalue weighted by molar-refractivity contribution is 0.0991. The molecule has 0 aliphatic heterocycles. The number of carbonyl (C=O) groups is 1. The monoisotopic (exact) mass is 559 g/mol. The first-order valence-corrected chi connectivity index (χ1v) is 13.0. The van der Waals surface area contributed by atoms with E-state index in [1.54, 1.807) is 29.8 Å². The number of H-pyrrole nitrogens is 1. The second-order valence-electron chi connectivity index (χ2n) is 9.55. The van der Waals surface area contributed by atoms with E-state index in [1.807, 2.05) is 6.92 Å². The highest BCUT2D eigenvalue weighted by atomic mass is 19.1. The zero-order valence-electron chi connectivity index (χ0n) is 22.3. The summed E-state index contributed by atoms with van der Waals surface area (Å²) in [5.41, 5.74) is 1.03. The zero-order valence-corrected chi connectivity index (χ0v) is 22.3. The molecule has 210 valence electrons. The molecule has 2 aromatic carbocycles. The standard InChI is InChI=1S/C30H27F2N5O4/c1-3-37-14-21(19-5-7-20(31)8-6-19)28(40)22(15-37)24(39)13-18-4-9-25(23(32)12-18)41-26-10-11-33-29-27(26)30(36-35-29)34-17(2)16-38/h4-12,14-15,17,38H,3,13,16H2,1-2H3,(H2,33,34,35,36)/t17-/m0/s1. The number of fused-ring (bicyclic) bond motifs is 1. The number of aromatic nitrogens is 4.